The van der Waals surface area contributed by atoms with Gasteiger partial charge in [0, 0.05) is 88.4 Å². The van der Waals surface area contributed by atoms with Crippen LogP contribution in [-0.2, 0) is 65.5 Å². The minimum atomic E-state index is 0. The molecule has 0 bridgehead atoms. The summed E-state index contributed by atoms with van der Waals surface area (Å²) in [6, 6.07) is 162. The van der Waals surface area contributed by atoms with Crippen molar-refractivity contribution in [3.8, 4) is 134 Å². The number of aromatic nitrogens is 16. The maximum atomic E-state index is 5.08. The molecule has 145 heavy (non-hydrogen) atoms. The zero-order chi connectivity index (χ0) is 97.7. The third-order valence-electron chi connectivity index (χ3n) is 21.8. The molecule has 0 spiro atoms. The molecule has 15 aromatic carbocycles. The van der Waals surface area contributed by atoms with Gasteiger partial charge in [-0.25, -0.2) is 0 Å². The van der Waals surface area contributed by atoms with Gasteiger partial charge in [-0.05, 0) is 144 Å². The maximum Gasteiger partial charge on any atom is 3.00 e. The van der Waals surface area contributed by atoms with E-state index < -0.39 is 0 Å². The van der Waals surface area contributed by atoms with E-state index in [9.17, 15) is 0 Å². The summed E-state index contributed by atoms with van der Waals surface area (Å²) in [5, 5.41) is 29.4. The topological polar surface area (TPSA) is 164 Å². The summed E-state index contributed by atoms with van der Waals surface area (Å²) in [5.74, 6) is 1.57. The van der Waals surface area contributed by atoms with E-state index in [4.69, 9.17) is 4.42 Å². The van der Waals surface area contributed by atoms with Gasteiger partial charge in [0.1, 0.15) is 5.89 Å². The second-order valence-corrected chi connectivity index (χ2v) is 33.1. The first-order valence-electron chi connectivity index (χ1n) is 46.0. The van der Waals surface area contributed by atoms with Crippen molar-refractivity contribution in [1.82, 2.24) is 78.2 Å². The van der Waals surface area contributed by atoms with E-state index in [2.05, 4.69) is 264 Å². The van der Waals surface area contributed by atoms with Gasteiger partial charge in [-0.1, -0.05) is 169 Å². The average molecular weight is 2170 g/mol. The van der Waals surface area contributed by atoms with E-state index >= 15 is 0 Å². The first-order valence-corrected chi connectivity index (χ1v) is 46.9. The fourth-order valence-electron chi connectivity index (χ4n) is 14.9. The smallest absolute Gasteiger partial charge is 0.489 e. The molecular weight excluding hydrogens is 2070 g/mol. The van der Waals surface area contributed by atoms with Crippen LogP contribution in [0.1, 0.15) is 34.2 Å². The van der Waals surface area contributed by atoms with Gasteiger partial charge in [-0.3, -0.25) is 43.0 Å². The molecule has 0 saturated carbocycles. The van der Waals surface area contributed by atoms with E-state index in [-0.39, 0.29) is 58.4 Å². The number of oxazole rings is 1. The maximum absolute atomic E-state index is 5.08. The SMILES string of the molecule is Cc1cc(C)n(-c2[c-]cccc2)n1.Cc1cc(C)n(-c2[c-]cccc2)n1.Cc1cc(C)n(-c2[c-]cccc2)n1.Cn1ccnc1-c1[c-]cccc1.[Rh+3].[Rh+3].[Rh+3].[c-]1ccccc1-c1ncco1.[c-]1ccccc1-c1nccs1.[c-]1ccccc1-n1cc(-c2ccc(-c3ccccc3)cc2)cn1.[c-]1ccccc1-n1cc(-c2ccc(-c3ccccc3)cc2)cn1.[c-]1ccccc1-n1cc(-c2ccc(-c3ccccc3)cc2)cn1. The van der Waals surface area contributed by atoms with Gasteiger partial charge in [0.25, 0.3) is 0 Å². The van der Waals surface area contributed by atoms with Crippen LogP contribution in [0.5, 0.6) is 0 Å². The molecule has 0 atom stereocenters. The van der Waals surface area contributed by atoms with Crippen LogP contribution in [0.3, 0.4) is 0 Å². The molecule has 17 nitrogen and oxygen atoms in total. The minimum absolute atomic E-state index is 0. The van der Waals surface area contributed by atoms with Gasteiger partial charge in [0.05, 0.1) is 54.0 Å². The second-order valence-electron chi connectivity index (χ2n) is 32.2. The fraction of sp³-hybridized carbons (Fsp3) is 0.0565. The molecule has 0 N–H and O–H groups in total. The first-order chi connectivity index (χ1) is 69.8. The molecule has 0 fully saturated rings. The van der Waals surface area contributed by atoms with Crippen LogP contribution in [-0.4, -0.2) is 78.2 Å². The molecule has 0 aliphatic rings. The Morgan fingerprint density at radius 3 is 0.800 bits per heavy atom. The normalized spacial score (nSPS) is 10.1. The van der Waals surface area contributed by atoms with Crippen LogP contribution >= 0.6 is 11.3 Å². The second kappa shape index (κ2) is 55.0. The summed E-state index contributed by atoms with van der Waals surface area (Å²) in [7, 11) is 1.98. The van der Waals surface area contributed by atoms with Crippen molar-refractivity contribution in [2.45, 2.75) is 41.5 Å². The predicted octanol–water partition coefficient (Wildman–Crippen LogP) is 28.5. The molecule has 9 aromatic heterocycles. The van der Waals surface area contributed by atoms with Gasteiger partial charge in [-0.15, -0.1) is 139 Å². The zero-order valence-electron chi connectivity index (χ0n) is 80.5. The third-order valence-corrected chi connectivity index (χ3v) is 22.7. The Morgan fingerprint density at radius 2 is 0.545 bits per heavy atom. The number of aryl methyl sites for hydroxylation is 7. The molecule has 0 radical (unpaired) electrons. The predicted molar refractivity (Wildman–Crippen MR) is 570 cm³/mol. The number of para-hydroxylation sites is 6. The average Bonchev–Trinajstić information content (AvgIpc) is 1.74. The first kappa shape index (κ1) is 106. The van der Waals surface area contributed by atoms with Crippen LogP contribution in [0.2, 0.25) is 0 Å². The van der Waals surface area contributed by atoms with E-state index in [1.54, 1.807) is 36.2 Å². The molecule has 0 amide bonds. The Morgan fingerprint density at radius 1 is 0.262 bits per heavy atom. The number of rotatable bonds is 15. The molecule has 0 aliphatic carbocycles. The number of nitrogens with zero attached hydrogens (tertiary/aromatic N) is 16. The summed E-state index contributed by atoms with van der Waals surface area (Å²) in [6.07, 6.45) is 20.4. The quantitative estimate of drug-likeness (QED) is 0.0713. The van der Waals surface area contributed by atoms with E-state index in [0.29, 0.717) is 5.89 Å². The Balaban J connectivity index is 0.000000138. The molecular formula is C124H99N16ORh3S. The number of hydrogen-bond acceptors (Lipinski definition) is 11. The van der Waals surface area contributed by atoms with Crippen molar-refractivity contribution in [3.63, 3.8) is 0 Å². The number of hydrogen-bond donors (Lipinski definition) is 0. The molecule has 0 unspecified atom stereocenters. The van der Waals surface area contributed by atoms with Gasteiger partial charge in [0.15, 0.2) is 0 Å². The van der Waals surface area contributed by atoms with E-state index in [1.807, 2.05) is 367 Å². The molecule has 21 heteroatoms. The summed E-state index contributed by atoms with van der Waals surface area (Å²) < 4.78 is 18.3. The monoisotopic (exact) mass is 2170 g/mol. The number of benzene rings is 15. The van der Waals surface area contributed by atoms with Gasteiger partial charge < -0.3 is 8.98 Å². The third kappa shape index (κ3) is 30.5. The van der Waals surface area contributed by atoms with Crippen LogP contribution in [0.4, 0.5) is 0 Å². The van der Waals surface area contributed by atoms with Crippen LogP contribution in [0.15, 0.2) is 478 Å². The molecule has 0 saturated heterocycles. The van der Waals surface area contributed by atoms with Gasteiger partial charge in [0.2, 0.25) is 0 Å². The van der Waals surface area contributed by atoms with Crippen molar-refractivity contribution in [2.75, 3.05) is 0 Å². The van der Waals surface area contributed by atoms with Crippen molar-refractivity contribution in [1.29, 1.82) is 0 Å². The van der Waals surface area contributed by atoms with Crippen molar-refractivity contribution in [3.05, 3.63) is 563 Å². The van der Waals surface area contributed by atoms with Crippen LogP contribution in [0, 0.1) is 96.1 Å². The van der Waals surface area contributed by atoms with Gasteiger partial charge in [-0.2, -0.15) is 188 Å². The Kier molecular flexibility index (Phi) is 40.2. The molecule has 0 aliphatic heterocycles. The molecule has 24 rings (SSSR count). The van der Waals surface area contributed by atoms with Crippen molar-refractivity contribution < 1.29 is 62.9 Å². The Bertz CT molecular complexity index is 7120. The largest absolute Gasteiger partial charge is 3.00 e. The Labute approximate surface area is 890 Å². The number of thiazole rings is 1. The molecule has 9 heterocycles. The Hall–Kier alpha value is -16.5. The van der Waals surface area contributed by atoms with E-state index in [1.165, 1.54) is 33.4 Å². The minimum Gasteiger partial charge on any atom is -0.489 e. The summed E-state index contributed by atoms with van der Waals surface area (Å²) in [4.78, 5) is 12.4. The standard InChI is InChI=1S/3C21H15N2.3C11H11N2.C10H9N2.C9H6NO.C9H6NS.3Rh/c3*1-3-7-17(8-4-1)18-11-13-19(14-12-18)20-15-22-23(16-20)21-9-5-2-6-10-21;3*1-9-8-10(2)13(12-9)11-6-4-3-5-7-11;1-12-8-7-11-10(12)9-5-3-2-4-6-9;2*1-2-4-8(5-3-1)9-10-6-7-11-9;;;/h3*1-9,11-16H;3*3-6,8H,1-2H3;2-5,7-8H,1H3;2*1-4,6-7H;;;/q9*-1;3*+3. The summed E-state index contributed by atoms with van der Waals surface area (Å²) in [6.45, 7) is 12.1. The van der Waals surface area contributed by atoms with Crippen molar-refractivity contribution in [2.24, 2.45) is 7.05 Å². The summed E-state index contributed by atoms with van der Waals surface area (Å²) >= 11 is 1.63. The zero-order valence-corrected chi connectivity index (χ0v) is 86.2. The van der Waals surface area contributed by atoms with Crippen LogP contribution < -0.4 is 0 Å². The fourth-order valence-corrected chi connectivity index (χ4v) is 15.6. The number of imidazole rings is 1. The van der Waals surface area contributed by atoms with Gasteiger partial charge >= 0.3 is 58.4 Å². The van der Waals surface area contributed by atoms with Crippen LogP contribution in [0.25, 0.3) is 134 Å². The van der Waals surface area contributed by atoms with Crippen molar-refractivity contribution >= 4 is 11.3 Å². The molecule has 24 aromatic rings. The van der Waals surface area contributed by atoms with E-state index in [0.717, 1.165) is 129 Å². The summed E-state index contributed by atoms with van der Waals surface area (Å²) in [5.41, 5.74) is 29.5. The molecule has 714 valence electrons.